The van der Waals surface area contributed by atoms with Crippen LogP contribution in [0.15, 0.2) is 0 Å². The average Bonchev–Trinajstić information content (AvgIpc) is 1.83. The van der Waals surface area contributed by atoms with Crippen LogP contribution in [0, 0.1) is 11.8 Å². The van der Waals surface area contributed by atoms with Crippen molar-refractivity contribution in [2.75, 3.05) is 5.75 Å². The first-order valence-corrected chi connectivity index (χ1v) is 4.56. The number of aliphatic hydroxyl groups excluding tert-OH is 1. The van der Waals surface area contributed by atoms with Crippen molar-refractivity contribution in [1.82, 2.24) is 0 Å². The molecule has 3 atom stereocenters. The van der Waals surface area contributed by atoms with Crippen molar-refractivity contribution < 1.29 is 5.11 Å². The molecule has 0 aromatic heterocycles. The minimum atomic E-state index is -0.103. The van der Waals surface area contributed by atoms with Crippen LogP contribution in [0.4, 0.5) is 0 Å². The maximum Gasteiger partial charge on any atom is 0.102 e. The Balaban J connectivity index is 2.41. The summed E-state index contributed by atoms with van der Waals surface area (Å²) >= 11 is 1.69. The van der Waals surface area contributed by atoms with Crippen LogP contribution in [-0.2, 0) is 0 Å². The number of hydrogen-bond donors (Lipinski definition) is 1. The van der Waals surface area contributed by atoms with E-state index in [1.54, 1.807) is 11.8 Å². The molecule has 0 saturated carbocycles. The topological polar surface area (TPSA) is 20.2 Å². The summed E-state index contributed by atoms with van der Waals surface area (Å²) in [5.41, 5.74) is -0.103. The minimum Gasteiger partial charge on any atom is -0.382 e. The number of thioether (sulfide) groups is 1. The smallest absolute Gasteiger partial charge is 0.102 e. The van der Waals surface area contributed by atoms with Crippen LogP contribution in [0.2, 0.25) is 0 Å². The second-order valence-corrected chi connectivity index (χ2v) is 4.11. The van der Waals surface area contributed by atoms with Gasteiger partial charge in [0, 0.05) is 0 Å². The van der Waals surface area contributed by atoms with E-state index in [0.717, 1.165) is 5.75 Å². The maximum atomic E-state index is 9.31. The first-order chi connectivity index (χ1) is 4.22. The molecule has 1 saturated heterocycles. The monoisotopic (exact) mass is 146 g/mol. The summed E-state index contributed by atoms with van der Waals surface area (Å²) in [6.07, 6.45) is 1.27. The summed E-state index contributed by atoms with van der Waals surface area (Å²) in [6, 6.07) is 0. The summed E-state index contributed by atoms with van der Waals surface area (Å²) in [5.74, 6) is 2.33. The Bertz CT molecular complexity index is 84.9. The Morgan fingerprint density at radius 3 is 2.56 bits per heavy atom. The van der Waals surface area contributed by atoms with Gasteiger partial charge in [-0.3, -0.25) is 0 Å². The summed E-state index contributed by atoms with van der Waals surface area (Å²) in [6.45, 7) is 4.34. The lowest BCUT2D eigenvalue weighted by atomic mass is 9.94. The highest BCUT2D eigenvalue weighted by atomic mass is 32.2. The highest BCUT2D eigenvalue weighted by Crippen LogP contribution is 2.32. The van der Waals surface area contributed by atoms with Gasteiger partial charge in [0.05, 0.1) is 0 Å². The minimum absolute atomic E-state index is 0.103. The molecule has 9 heavy (non-hydrogen) atoms. The normalized spacial score (nSPS) is 45.0. The van der Waals surface area contributed by atoms with Gasteiger partial charge >= 0.3 is 0 Å². The Hall–Kier alpha value is 0.310. The summed E-state index contributed by atoms with van der Waals surface area (Å²) in [5, 5.41) is 9.31. The molecule has 0 aromatic rings. The number of aliphatic hydroxyl groups is 1. The van der Waals surface area contributed by atoms with E-state index in [0.29, 0.717) is 11.8 Å². The van der Waals surface area contributed by atoms with E-state index in [9.17, 15) is 5.11 Å². The molecular formula is C7H14OS. The lowest BCUT2D eigenvalue weighted by Crippen LogP contribution is -2.26. The first-order valence-electron chi connectivity index (χ1n) is 3.51. The molecular weight excluding hydrogens is 132 g/mol. The van der Waals surface area contributed by atoms with E-state index >= 15 is 0 Å². The van der Waals surface area contributed by atoms with E-state index < -0.39 is 0 Å². The number of hydrogen-bond acceptors (Lipinski definition) is 2. The number of rotatable bonds is 0. The van der Waals surface area contributed by atoms with E-state index in [2.05, 4.69) is 13.8 Å². The van der Waals surface area contributed by atoms with Crippen LogP contribution in [0.1, 0.15) is 20.3 Å². The molecule has 1 aliphatic rings. The maximum absolute atomic E-state index is 9.31. The fourth-order valence-corrected chi connectivity index (χ4v) is 2.39. The largest absolute Gasteiger partial charge is 0.382 e. The molecule has 0 amide bonds. The van der Waals surface area contributed by atoms with Gasteiger partial charge in [-0.2, -0.15) is 0 Å². The van der Waals surface area contributed by atoms with Gasteiger partial charge in [-0.1, -0.05) is 13.8 Å². The van der Waals surface area contributed by atoms with Crippen molar-refractivity contribution in [3.05, 3.63) is 0 Å². The molecule has 0 bridgehead atoms. The SMILES string of the molecule is C[C@H]1CCSC(O)[C@@H]1C. The van der Waals surface area contributed by atoms with Gasteiger partial charge in [0.1, 0.15) is 5.44 Å². The molecule has 54 valence electrons. The fourth-order valence-electron chi connectivity index (χ4n) is 1.07. The standard InChI is InChI=1S/C7H14OS/c1-5-3-4-9-7(8)6(5)2/h5-8H,3-4H2,1-2H3/t5-,6+,7?/m0/s1. The van der Waals surface area contributed by atoms with Crippen molar-refractivity contribution in [2.45, 2.75) is 25.7 Å². The molecule has 1 rings (SSSR count). The zero-order valence-electron chi connectivity index (χ0n) is 6.00. The molecule has 1 nitrogen and oxygen atoms in total. The molecule has 0 aliphatic carbocycles. The van der Waals surface area contributed by atoms with E-state index in [1.165, 1.54) is 6.42 Å². The Labute approximate surface area is 60.8 Å². The summed E-state index contributed by atoms with van der Waals surface area (Å²) in [7, 11) is 0. The first kappa shape index (κ1) is 7.42. The third-order valence-corrected chi connectivity index (χ3v) is 3.45. The average molecular weight is 146 g/mol. The highest BCUT2D eigenvalue weighted by Gasteiger charge is 2.25. The van der Waals surface area contributed by atoms with Crippen LogP contribution in [0.25, 0.3) is 0 Å². The van der Waals surface area contributed by atoms with E-state index in [-0.39, 0.29) is 5.44 Å². The van der Waals surface area contributed by atoms with Crippen molar-refractivity contribution in [1.29, 1.82) is 0 Å². The molecule has 1 aliphatic heterocycles. The molecule has 1 N–H and O–H groups in total. The van der Waals surface area contributed by atoms with Gasteiger partial charge in [-0.25, -0.2) is 0 Å². The van der Waals surface area contributed by atoms with E-state index in [4.69, 9.17) is 0 Å². The molecule has 2 heteroatoms. The van der Waals surface area contributed by atoms with Crippen molar-refractivity contribution in [2.24, 2.45) is 11.8 Å². The van der Waals surface area contributed by atoms with Gasteiger partial charge in [0.15, 0.2) is 0 Å². The summed E-state index contributed by atoms with van der Waals surface area (Å²) < 4.78 is 0. The predicted octanol–water partition coefficient (Wildman–Crippen LogP) is 1.71. The Morgan fingerprint density at radius 1 is 1.44 bits per heavy atom. The highest BCUT2D eigenvalue weighted by molar-refractivity contribution is 7.99. The van der Waals surface area contributed by atoms with Crippen LogP contribution in [-0.4, -0.2) is 16.3 Å². The molecule has 0 radical (unpaired) electrons. The van der Waals surface area contributed by atoms with E-state index in [1.807, 2.05) is 0 Å². The van der Waals surface area contributed by atoms with Crippen molar-refractivity contribution in [3.8, 4) is 0 Å². The van der Waals surface area contributed by atoms with Gasteiger partial charge in [0.2, 0.25) is 0 Å². The third kappa shape index (κ3) is 1.62. The lowest BCUT2D eigenvalue weighted by molar-refractivity contribution is 0.154. The van der Waals surface area contributed by atoms with Crippen LogP contribution >= 0.6 is 11.8 Å². The zero-order chi connectivity index (χ0) is 6.85. The fraction of sp³-hybridized carbons (Fsp3) is 1.00. The molecule has 1 fully saturated rings. The third-order valence-electron chi connectivity index (χ3n) is 2.21. The second kappa shape index (κ2) is 2.93. The van der Waals surface area contributed by atoms with Crippen LogP contribution < -0.4 is 0 Å². The second-order valence-electron chi connectivity index (χ2n) is 2.89. The van der Waals surface area contributed by atoms with Crippen LogP contribution in [0.5, 0.6) is 0 Å². The molecule has 0 spiro atoms. The van der Waals surface area contributed by atoms with Gasteiger partial charge in [-0.05, 0) is 24.0 Å². The Morgan fingerprint density at radius 2 is 2.11 bits per heavy atom. The molecule has 1 unspecified atom stereocenters. The van der Waals surface area contributed by atoms with Crippen LogP contribution in [0.3, 0.4) is 0 Å². The van der Waals surface area contributed by atoms with Gasteiger partial charge in [-0.15, -0.1) is 11.8 Å². The molecule has 1 heterocycles. The van der Waals surface area contributed by atoms with Gasteiger partial charge < -0.3 is 5.11 Å². The quantitative estimate of drug-likeness (QED) is 0.561. The Kier molecular flexibility index (Phi) is 2.42. The van der Waals surface area contributed by atoms with Crippen molar-refractivity contribution in [3.63, 3.8) is 0 Å². The summed E-state index contributed by atoms with van der Waals surface area (Å²) in [4.78, 5) is 0. The van der Waals surface area contributed by atoms with Crippen molar-refractivity contribution >= 4 is 11.8 Å². The molecule has 0 aromatic carbocycles. The lowest BCUT2D eigenvalue weighted by Gasteiger charge is -2.29. The van der Waals surface area contributed by atoms with Gasteiger partial charge in [0.25, 0.3) is 0 Å². The zero-order valence-corrected chi connectivity index (χ0v) is 6.82. The predicted molar refractivity (Wildman–Crippen MR) is 41.4 cm³/mol.